The Morgan fingerprint density at radius 1 is 1.20 bits per heavy atom. The van der Waals surface area contributed by atoms with Crippen LogP contribution < -0.4 is 5.32 Å². The number of aromatic nitrogens is 2. The van der Waals surface area contributed by atoms with Crippen molar-refractivity contribution < 1.29 is 4.92 Å². The Labute approximate surface area is 128 Å². The van der Waals surface area contributed by atoms with Crippen LogP contribution in [0.15, 0.2) is 18.2 Å². The highest BCUT2D eigenvalue weighted by Crippen LogP contribution is 2.35. The molecule has 1 heterocycles. The number of hydrogen-bond acceptors (Lipinski definition) is 5. The monoisotopic (exact) mass is 332 g/mol. The molecule has 2 rings (SSSR count). The van der Waals surface area contributed by atoms with Crippen LogP contribution in [0.5, 0.6) is 0 Å². The Hall–Kier alpha value is -1.63. The number of nitrogens with zero attached hydrogens (tertiary/aromatic N) is 3. The minimum absolute atomic E-state index is 0.0671. The Kier molecular flexibility index (Phi) is 4.27. The van der Waals surface area contributed by atoms with Crippen LogP contribution in [0.4, 0.5) is 17.2 Å². The molecule has 0 aliphatic heterocycles. The Morgan fingerprint density at radius 3 is 2.35 bits per heavy atom. The summed E-state index contributed by atoms with van der Waals surface area (Å²) in [5.41, 5.74) is 0.166. The first-order valence-electron chi connectivity index (χ1n) is 5.29. The lowest BCUT2D eigenvalue weighted by Crippen LogP contribution is -2.04. The van der Waals surface area contributed by atoms with E-state index in [9.17, 15) is 10.1 Å². The number of aryl methyl sites for hydroxylation is 1. The zero-order valence-corrected chi connectivity index (χ0v) is 12.3. The van der Waals surface area contributed by atoms with Crippen LogP contribution in [0.3, 0.4) is 0 Å². The topological polar surface area (TPSA) is 81.0 Å². The molecule has 2 aromatic rings. The predicted octanol–water partition coefficient (Wildman–Crippen LogP) is 4.40. The maximum Gasteiger partial charge on any atom is 0.332 e. The lowest BCUT2D eigenvalue weighted by atomic mass is 10.3. The smallest absolute Gasteiger partial charge is 0.332 e. The van der Waals surface area contributed by atoms with E-state index in [0.29, 0.717) is 15.7 Å². The van der Waals surface area contributed by atoms with Gasteiger partial charge in [0.15, 0.2) is 0 Å². The molecule has 0 amide bonds. The summed E-state index contributed by atoms with van der Waals surface area (Å²) in [4.78, 5) is 18.1. The van der Waals surface area contributed by atoms with Gasteiger partial charge in [-0.1, -0.05) is 29.3 Å². The number of benzene rings is 1. The Balaban J connectivity index is 2.56. The van der Waals surface area contributed by atoms with Gasteiger partial charge >= 0.3 is 5.69 Å². The van der Waals surface area contributed by atoms with Crippen molar-refractivity contribution in [3.8, 4) is 0 Å². The van der Waals surface area contributed by atoms with Gasteiger partial charge in [0.05, 0.1) is 20.7 Å². The van der Waals surface area contributed by atoms with Crippen molar-refractivity contribution >= 4 is 52.0 Å². The molecule has 0 saturated carbocycles. The first-order chi connectivity index (χ1) is 9.40. The third-order valence-corrected chi connectivity index (χ3v) is 3.22. The van der Waals surface area contributed by atoms with E-state index in [1.165, 1.54) is 6.92 Å². The van der Waals surface area contributed by atoms with Crippen molar-refractivity contribution in [1.82, 2.24) is 9.97 Å². The second-order valence-corrected chi connectivity index (χ2v) is 4.91. The van der Waals surface area contributed by atoms with Crippen LogP contribution >= 0.6 is 34.8 Å². The second kappa shape index (κ2) is 5.78. The number of nitro groups is 1. The molecule has 0 aliphatic carbocycles. The quantitative estimate of drug-likeness (QED) is 0.511. The predicted molar refractivity (Wildman–Crippen MR) is 78.2 cm³/mol. The molecule has 9 heteroatoms. The van der Waals surface area contributed by atoms with Gasteiger partial charge in [-0.3, -0.25) is 10.1 Å². The Morgan fingerprint density at radius 2 is 1.80 bits per heavy atom. The zero-order valence-electron chi connectivity index (χ0n) is 10.0. The summed E-state index contributed by atoms with van der Waals surface area (Å²) in [7, 11) is 0. The van der Waals surface area contributed by atoms with E-state index in [1.54, 1.807) is 18.2 Å². The Bertz CT molecular complexity index is 673. The number of nitrogens with one attached hydrogen (secondary N) is 1. The van der Waals surface area contributed by atoms with Crippen LogP contribution in [0.1, 0.15) is 5.69 Å². The van der Waals surface area contributed by atoms with Crippen LogP contribution in [0.2, 0.25) is 15.3 Å². The minimum atomic E-state index is -0.598. The molecule has 0 saturated heterocycles. The van der Waals surface area contributed by atoms with Gasteiger partial charge in [-0.2, -0.15) is 4.98 Å². The van der Waals surface area contributed by atoms with Crippen LogP contribution in [0.25, 0.3) is 0 Å². The summed E-state index contributed by atoms with van der Waals surface area (Å²) in [6.07, 6.45) is 0. The molecule has 0 spiro atoms. The number of para-hydroxylation sites is 1. The molecule has 0 unspecified atom stereocenters. The average Bonchev–Trinajstić information content (AvgIpc) is 2.32. The summed E-state index contributed by atoms with van der Waals surface area (Å²) < 4.78 is 0. The SMILES string of the molecule is Cc1nc(Cl)nc(Nc2c(Cl)cccc2Cl)c1[N+](=O)[O-]. The van der Waals surface area contributed by atoms with Gasteiger partial charge in [-0.05, 0) is 30.7 Å². The molecule has 104 valence electrons. The van der Waals surface area contributed by atoms with Gasteiger partial charge in [0.25, 0.3) is 0 Å². The van der Waals surface area contributed by atoms with Crippen molar-refractivity contribution in [1.29, 1.82) is 0 Å². The van der Waals surface area contributed by atoms with Gasteiger partial charge in [0, 0.05) is 0 Å². The summed E-state index contributed by atoms with van der Waals surface area (Å²) in [5, 5.41) is 14.3. The molecule has 0 atom stereocenters. The summed E-state index contributed by atoms with van der Waals surface area (Å²) in [6, 6.07) is 4.84. The second-order valence-electron chi connectivity index (χ2n) is 3.75. The zero-order chi connectivity index (χ0) is 14.9. The van der Waals surface area contributed by atoms with Gasteiger partial charge in [-0.25, -0.2) is 4.98 Å². The standard InChI is InChI=1S/C11H7Cl3N4O2/c1-5-9(18(19)20)10(17-11(14)15-5)16-8-6(12)3-2-4-7(8)13/h2-4H,1H3,(H,15,16,17). The van der Waals surface area contributed by atoms with Crippen LogP contribution in [-0.2, 0) is 0 Å². The third kappa shape index (κ3) is 2.92. The van der Waals surface area contributed by atoms with Crippen molar-refractivity contribution in [2.24, 2.45) is 0 Å². The highest BCUT2D eigenvalue weighted by molar-refractivity contribution is 6.39. The molecule has 1 aromatic carbocycles. The van der Waals surface area contributed by atoms with Crippen molar-refractivity contribution in [3.05, 3.63) is 49.3 Å². The van der Waals surface area contributed by atoms with E-state index in [1.807, 2.05) is 0 Å². The first kappa shape index (κ1) is 14.8. The highest BCUT2D eigenvalue weighted by Gasteiger charge is 2.23. The van der Waals surface area contributed by atoms with E-state index >= 15 is 0 Å². The fraction of sp³-hybridized carbons (Fsp3) is 0.0909. The fourth-order valence-electron chi connectivity index (χ4n) is 1.57. The molecular weight excluding hydrogens is 327 g/mol. The van der Waals surface area contributed by atoms with E-state index in [4.69, 9.17) is 34.8 Å². The van der Waals surface area contributed by atoms with Gasteiger partial charge < -0.3 is 5.32 Å². The first-order valence-corrected chi connectivity index (χ1v) is 6.43. The van der Waals surface area contributed by atoms with Crippen molar-refractivity contribution in [2.75, 3.05) is 5.32 Å². The minimum Gasteiger partial charge on any atom is -0.332 e. The number of halogens is 3. The number of anilines is 2. The summed E-state index contributed by atoms with van der Waals surface area (Å²) >= 11 is 17.7. The molecule has 0 radical (unpaired) electrons. The maximum atomic E-state index is 11.1. The van der Waals surface area contributed by atoms with E-state index in [0.717, 1.165) is 0 Å². The highest BCUT2D eigenvalue weighted by atomic mass is 35.5. The molecule has 1 aromatic heterocycles. The lowest BCUT2D eigenvalue weighted by molar-refractivity contribution is -0.385. The number of hydrogen-bond donors (Lipinski definition) is 1. The van der Waals surface area contributed by atoms with Gasteiger partial charge in [-0.15, -0.1) is 0 Å². The van der Waals surface area contributed by atoms with Crippen LogP contribution in [-0.4, -0.2) is 14.9 Å². The van der Waals surface area contributed by atoms with E-state index < -0.39 is 4.92 Å². The molecule has 20 heavy (non-hydrogen) atoms. The van der Waals surface area contributed by atoms with E-state index in [2.05, 4.69) is 15.3 Å². The number of rotatable bonds is 3. The van der Waals surface area contributed by atoms with Crippen LogP contribution in [0, 0.1) is 17.0 Å². The molecule has 1 N–H and O–H groups in total. The molecular formula is C11H7Cl3N4O2. The average molecular weight is 334 g/mol. The van der Waals surface area contributed by atoms with Gasteiger partial charge in [0.1, 0.15) is 5.69 Å². The molecule has 0 fully saturated rings. The normalized spacial score (nSPS) is 10.4. The van der Waals surface area contributed by atoms with Crippen molar-refractivity contribution in [3.63, 3.8) is 0 Å². The van der Waals surface area contributed by atoms with E-state index in [-0.39, 0.29) is 22.5 Å². The molecule has 0 bridgehead atoms. The summed E-state index contributed by atoms with van der Waals surface area (Å²) in [5.74, 6) is -0.0671. The maximum absolute atomic E-state index is 11.1. The summed E-state index contributed by atoms with van der Waals surface area (Å²) in [6.45, 7) is 1.46. The largest absolute Gasteiger partial charge is 0.332 e. The fourth-order valence-corrected chi connectivity index (χ4v) is 2.28. The molecule has 0 aliphatic rings. The van der Waals surface area contributed by atoms with Gasteiger partial charge in [0.2, 0.25) is 11.1 Å². The lowest BCUT2D eigenvalue weighted by Gasteiger charge is -2.10. The molecule has 6 nitrogen and oxygen atoms in total. The third-order valence-electron chi connectivity index (χ3n) is 2.42. The van der Waals surface area contributed by atoms with Crippen molar-refractivity contribution in [2.45, 2.75) is 6.92 Å².